The van der Waals surface area contributed by atoms with Gasteiger partial charge in [0.1, 0.15) is 12.4 Å². The monoisotopic (exact) mass is 257 g/mol. The Morgan fingerprint density at radius 2 is 2.05 bits per heavy atom. The Morgan fingerprint density at radius 3 is 2.74 bits per heavy atom. The van der Waals surface area contributed by atoms with E-state index < -0.39 is 0 Å². The minimum absolute atomic E-state index is 0.745. The van der Waals surface area contributed by atoms with Crippen molar-refractivity contribution in [1.82, 2.24) is 14.7 Å². The molecule has 0 saturated carbocycles. The quantitative estimate of drug-likeness (QED) is 0.822. The lowest BCUT2D eigenvalue weighted by Crippen LogP contribution is -2.39. The highest BCUT2D eigenvalue weighted by atomic mass is 16.5. The molecule has 0 unspecified atom stereocenters. The van der Waals surface area contributed by atoms with E-state index in [-0.39, 0.29) is 0 Å². The molecule has 2 aromatic rings. The minimum Gasteiger partial charge on any atom is -0.492 e. The lowest BCUT2D eigenvalue weighted by atomic mass is 10.1. The van der Waals surface area contributed by atoms with Crippen LogP contribution in [0.3, 0.4) is 0 Å². The van der Waals surface area contributed by atoms with E-state index >= 15 is 0 Å². The van der Waals surface area contributed by atoms with E-state index in [9.17, 15) is 0 Å². The molecule has 1 aliphatic rings. The number of ether oxygens (including phenoxy) is 1. The van der Waals surface area contributed by atoms with Gasteiger partial charge in [-0.1, -0.05) is 12.1 Å². The zero-order valence-corrected chi connectivity index (χ0v) is 11.2. The van der Waals surface area contributed by atoms with Crippen LogP contribution in [0.5, 0.6) is 5.75 Å². The van der Waals surface area contributed by atoms with Crippen molar-refractivity contribution in [3.8, 4) is 17.0 Å². The smallest absolute Gasteiger partial charge is 0.128 e. The number of nitrogens with zero attached hydrogens (tertiary/aromatic N) is 3. The van der Waals surface area contributed by atoms with Crippen LogP contribution >= 0.6 is 0 Å². The fourth-order valence-corrected chi connectivity index (χ4v) is 2.33. The fraction of sp³-hybridized carbons (Fsp3) is 0.400. The molecule has 3 rings (SSSR count). The van der Waals surface area contributed by atoms with Crippen molar-refractivity contribution >= 4 is 0 Å². The summed E-state index contributed by atoms with van der Waals surface area (Å²) < 4.78 is 7.81. The average Bonchev–Trinajstić information content (AvgIpc) is 2.79. The second-order valence-corrected chi connectivity index (χ2v) is 4.88. The van der Waals surface area contributed by atoms with Crippen molar-refractivity contribution in [3.05, 3.63) is 36.5 Å². The predicted octanol–water partition coefficient (Wildman–Crippen LogP) is 2.17. The molecule has 4 heteroatoms. The van der Waals surface area contributed by atoms with Gasteiger partial charge in [-0.05, 0) is 37.7 Å². The first-order chi connectivity index (χ1) is 9.34. The van der Waals surface area contributed by atoms with E-state index in [0.717, 1.165) is 30.2 Å². The van der Waals surface area contributed by atoms with Gasteiger partial charge in [-0.3, -0.25) is 9.58 Å². The fourth-order valence-electron chi connectivity index (χ4n) is 2.33. The number of aromatic nitrogens is 2. The largest absolute Gasteiger partial charge is 0.492 e. The molecule has 1 aromatic carbocycles. The Morgan fingerprint density at radius 1 is 1.21 bits per heavy atom. The van der Waals surface area contributed by atoms with Gasteiger partial charge in [0, 0.05) is 25.4 Å². The number of benzene rings is 1. The molecule has 1 aliphatic heterocycles. The van der Waals surface area contributed by atoms with Crippen LogP contribution in [-0.4, -0.2) is 40.9 Å². The average molecular weight is 257 g/mol. The molecule has 1 aromatic heterocycles. The molecule has 0 aliphatic carbocycles. The predicted molar refractivity (Wildman–Crippen MR) is 75.2 cm³/mol. The van der Waals surface area contributed by atoms with Crippen molar-refractivity contribution in [2.24, 2.45) is 7.05 Å². The van der Waals surface area contributed by atoms with Gasteiger partial charge in [-0.15, -0.1) is 0 Å². The topological polar surface area (TPSA) is 30.3 Å². The van der Waals surface area contributed by atoms with E-state index in [2.05, 4.69) is 16.1 Å². The highest BCUT2D eigenvalue weighted by Gasteiger charge is 2.14. The van der Waals surface area contributed by atoms with Crippen molar-refractivity contribution < 1.29 is 4.74 Å². The highest BCUT2D eigenvalue weighted by Crippen LogP contribution is 2.29. The Hall–Kier alpha value is -1.81. The number of hydrogen-bond acceptors (Lipinski definition) is 3. The maximum absolute atomic E-state index is 5.94. The molecule has 1 fully saturated rings. The van der Waals surface area contributed by atoms with Crippen LogP contribution in [-0.2, 0) is 7.05 Å². The summed E-state index contributed by atoms with van der Waals surface area (Å²) in [6.45, 7) is 4.19. The third-order valence-corrected chi connectivity index (χ3v) is 3.60. The summed E-state index contributed by atoms with van der Waals surface area (Å²) in [5, 5.41) is 4.22. The van der Waals surface area contributed by atoms with E-state index in [4.69, 9.17) is 4.74 Å². The van der Waals surface area contributed by atoms with Gasteiger partial charge in [-0.2, -0.15) is 5.10 Å². The van der Waals surface area contributed by atoms with Gasteiger partial charge >= 0.3 is 0 Å². The Balaban J connectivity index is 1.72. The normalized spacial score (nSPS) is 15.2. The van der Waals surface area contributed by atoms with Gasteiger partial charge in [-0.25, -0.2) is 0 Å². The summed E-state index contributed by atoms with van der Waals surface area (Å²) in [5.41, 5.74) is 2.19. The first-order valence-electron chi connectivity index (χ1n) is 6.77. The molecule has 4 nitrogen and oxygen atoms in total. The molecule has 1 saturated heterocycles. The lowest BCUT2D eigenvalue weighted by Gasteiger charge is -2.30. The molecule has 0 bridgehead atoms. The minimum atomic E-state index is 0.745. The summed E-state index contributed by atoms with van der Waals surface area (Å²) in [7, 11) is 1.95. The maximum atomic E-state index is 5.94. The molecule has 0 spiro atoms. The maximum Gasteiger partial charge on any atom is 0.128 e. The number of rotatable bonds is 5. The van der Waals surface area contributed by atoms with E-state index in [0.29, 0.717) is 0 Å². The Bertz CT molecular complexity index is 546. The van der Waals surface area contributed by atoms with Crippen LogP contribution < -0.4 is 4.74 Å². The van der Waals surface area contributed by atoms with Crippen LogP contribution in [0.1, 0.15) is 6.42 Å². The number of para-hydroxylation sites is 1. The van der Waals surface area contributed by atoms with Crippen LogP contribution in [0.4, 0.5) is 0 Å². The van der Waals surface area contributed by atoms with Crippen molar-refractivity contribution in [3.63, 3.8) is 0 Å². The van der Waals surface area contributed by atoms with Gasteiger partial charge in [0.05, 0.1) is 5.69 Å². The van der Waals surface area contributed by atoms with Crippen molar-refractivity contribution in [2.75, 3.05) is 26.2 Å². The first-order valence-corrected chi connectivity index (χ1v) is 6.77. The van der Waals surface area contributed by atoms with Gasteiger partial charge in [0.2, 0.25) is 0 Å². The van der Waals surface area contributed by atoms with E-state index in [1.165, 1.54) is 19.5 Å². The zero-order valence-electron chi connectivity index (χ0n) is 11.2. The summed E-state index contributed by atoms with van der Waals surface area (Å²) in [4.78, 5) is 2.41. The molecule has 0 radical (unpaired) electrons. The van der Waals surface area contributed by atoms with Crippen LogP contribution in [0, 0.1) is 0 Å². The molecule has 19 heavy (non-hydrogen) atoms. The molecule has 2 heterocycles. The second kappa shape index (κ2) is 5.45. The Kier molecular flexibility index (Phi) is 3.51. The van der Waals surface area contributed by atoms with Crippen molar-refractivity contribution in [2.45, 2.75) is 6.42 Å². The molecular weight excluding hydrogens is 238 g/mol. The second-order valence-electron chi connectivity index (χ2n) is 4.88. The molecular formula is C15H19N3O. The number of aryl methyl sites for hydroxylation is 1. The standard InChI is InChI=1S/C15H19N3O/c1-17-14(7-8-16-17)13-5-2-3-6-15(13)19-12-11-18-9-4-10-18/h2-3,5-8H,4,9-12H2,1H3. The van der Waals surface area contributed by atoms with Gasteiger partial charge in [0.15, 0.2) is 0 Å². The summed E-state index contributed by atoms with van der Waals surface area (Å²) in [5.74, 6) is 0.937. The van der Waals surface area contributed by atoms with Crippen LogP contribution in [0.15, 0.2) is 36.5 Å². The van der Waals surface area contributed by atoms with Gasteiger partial charge in [0.25, 0.3) is 0 Å². The number of hydrogen-bond donors (Lipinski definition) is 0. The summed E-state index contributed by atoms with van der Waals surface area (Å²) in [6, 6.07) is 10.2. The first kappa shape index (κ1) is 12.2. The molecule has 0 N–H and O–H groups in total. The summed E-state index contributed by atoms with van der Waals surface area (Å²) >= 11 is 0. The Labute approximate surface area is 113 Å². The lowest BCUT2D eigenvalue weighted by molar-refractivity contribution is 0.147. The zero-order chi connectivity index (χ0) is 13.1. The van der Waals surface area contributed by atoms with Crippen LogP contribution in [0.2, 0.25) is 0 Å². The molecule has 0 atom stereocenters. The van der Waals surface area contributed by atoms with E-state index in [1.54, 1.807) is 0 Å². The molecule has 100 valence electrons. The molecule has 0 amide bonds. The summed E-state index contributed by atoms with van der Waals surface area (Å²) in [6.07, 6.45) is 3.14. The van der Waals surface area contributed by atoms with Crippen molar-refractivity contribution in [1.29, 1.82) is 0 Å². The third kappa shape index (κ3) is 2.63. The SMILES string of the molecule is Cn1nccc1-c1ccccc1OCCN1CCC1. The van der Waals surface area contributed by atoms with E-state index in [1.807, 2.05) is 42.2 Å². The van der Waals surface area contributed by atoms with Gasteiger partial charge < -0.3 is 4.74 Å². The third-order valence-electron chi connectivity index (χ3n) is 3.60. The number of likely N-dealkylation sites (tertiary alicyclic amines) is 1. The highest BCUT2D eigenvalue weighted by molar-refractivity contribution is 5.67. The van der Waals surface area contributed by atoms with Crippen LogP contribution in [0.25, 0.3) is 11.3 Å².